The van der Waals surface area contributed by atoms with E-state index in [4.69, 9.17) is 16.3 Å². The number of rotatable bonds is 5. The Labute approximate surface area is 97.6 Å². The first-order valence-corrected chi connectivity index (χ1v) is 5.80. The van der Waals surface area contributed by atoms with Crippen LogP contribution in [0.3, 0.4) is 0 Å². The summed E-state index contributed by atoms with van der Waals surface area (Å²) in [4.78, 5) is 4.79. The van der Waals surface area contributed by atoms with Crippen LogP contribution < -0.4 is 0 Å². The standard InChI is InChI=1S/C11H21ClN2O/c1-10(12)8-13-4-6-14(7-5-13)11(2)9-15-3/h11H,1,4-9H2,2-3H3. The van der Waals surface area contributed by atoms with E-state index in [2.05, 4.69) is 23.3 Å². The molecule has 1 atom stereocenters. The van der Waals surface area contributed by atoms with Crippen molar-refractivity contribution in [3.05, 3.63) is 11.6 Å². The second kappa shape index (κ2) is 6.48. The van der Waals surface area contributed by atoms with Gasteiger partial charge in [0.15, 0.2) is 0 Å². The topological polar surface area (TPSA) is 15.7 Å². The molecule has 0 amide bonds. The Morgan fingerprint density at radius 1 is 1.40 bits per heavy atom. The largest absolute Gasteiger partial charge is 0.383 e. The summed E-state index contributed by atoms with van der Waals surface area (Å²) in [5.74, 6) is 0. The predicted molar refractivity (Wildman–Crippen MR) is 64.3 cm³/mol. The predicted octanol–water partition coefficient (Wildman–Crippen LogP) is 1.39. The fraction of sp³-hybridized carbons (Fsp3) is 0.818. The maximum absolute atomic E-state index is 5.79. The molecule has 1 fully saturated rings. The summed E-state index contributed by atoms with van der Waals surface area (Å²) >= 11 is 5.79. The summed E-state index contributed by atoms with van der Waals surface area (Å²) in [6.07, 6.45) is 0. The summed E-state index contributed by atoms with van der Waals surface area (Å²) in [6, 6.07) is 0.511. The molecule has 0 aromatic rings. The highest BCUT2D eigenvalue weighted by Gasteiger charge is 2.20. The lowest BCUT2D eigenvalue weighted by atomic mass is 10.2. The van der Waals surface area contributed by atoms with Crippen molar-refractivity contribution in [3.8, 4) is 0 Å². The van der Waals surface area contributed by atoms with E-state index in [9.17, 15) is 0 Å². The second-order valence-electron chi connectivity index (χ2n) is 4.13. The van der Waals surface area contributed by atoms with Gasteiger partial charge in [-0.15, -0.1) is 0 Å². The minimum atomic E-state index is 0.511. The fourth-order valence-electron chi connectivity index (χ4n) is 1.95. The Kier molecular flexibility index (Phi) is 5.61. The number of hydrogen-bond donors (Lipinski definition) is 0. The Hall–Kier alpha value is -0.0900. The lowest BCUT2D eigenvalue weighted by molar-refractivity contribution is 0.0606. The molecule has 4 heteroatoms. The molecule has 0 radical (unpaired) electrons. The zero-order valence-corrected chi connectivity index (χ0v) is 10.5. The number of hydrogen-bond acceptors (Lipinski definition) is 3. The molecule has 1 rings (SSSR count). The fourth-order valence-corrected chi connectivity index (χ4v) is 2.12. The van der Waals surface area contributed by atoms with Crippen molar-refractivity contribution in [2.24, 2.45) is 0 Å². The lowest BCUT2D eigenvalue weighted by Gasteiger charge is -2.37. The third kappa shape index (κ3) is 4.51. The number of halogens is 1. The van der Waals surface area contributed by atoms with Gasteiger partial charge in [0, 0.05) is 50.9 Å². The van der Waals surface area contributed by atoms with E-state index in [-0.39, 0.29) is 0 Å². The van der Waals surface area contributed by atoms with E-state index in [0.717, 1.165) is 44.4 Å². The summed E-state index contributed by atoms with van der Waals surface area (Å²) in [6.45, 7) is 11.9. The van der Waals surface area contributed by atoms with Gasteiger partial charge in [-0.3, -0.25) is 9.80 Å². The zero-order chi connectivity index (χ0) is 11.3. The van der Waals surface area contributed by atoms with Gasteiger partial charge in [-0.2, -0.15) is 0 Å². The molecule has 0 spiro atoms. The quantitative estimate of drug-likeness (QED) is 0.713. The summed E-state index contributed by atoms with van der Waals surface area (Å²) in [7, 11) is 1.75. The minimum Gasteiger partial charge on any atom is -0.383 e. The Morgan fingerprint density at radius 2 is 2.00 bits per heavy atom. The van der Waals surface area contributed by atoms with E-state index < -0.39 is 0 Å². The first-order chi connectivity index (χ1) is 7.13. The molecule has 0 bridgehead atoms. The highest BCUT2D eigenvalue weighted by Crippen LogP contribution is 2.09. The van der Waals surface area contributed by atoms with Crippen LogP contribution in [0, 0.1) is 0 Å². The van der Waals surface area contributed by atoms with E-state index in [1.54, 1.807) is 7.11 Å². The van der Waals surface area contributed by atoms with E-state index >= 15 is 0 Å². The van der Waals surface area contributed by atoms with Crippen LogP contribution in [0.1, 0.15) is 6.92 Å². The van der Waals surface area contributed by atoms with Crippen molar-refractivity contribution in [2.45, 2.75) is 13.0 Å². The maximum atomic E-state index is 5.79. The lowest BCUT2D eigenvalue weighted by Crippen LogP contribution is -2.50. The molecule has 0 aromatic carbocycles. The first kappa shape index (κ1) is 13.0. The SMILES string of the molecule is C=C(Cl)CN1CCN(C(C)COC)CC1. The van der Waals surface area contributed by atoms with Gasteiger partial charge in [0.1, 0.15) is 0 Å². The number of piperazine rings is 1. The molecule has 1 saturated heterocycles. The Morgan fingerprint density at radius 3 is 2.47 bits per heavy atom. The van der Waals surface area contributed by atoms with Crippen molar-refractivity contribution in [3.63, 3.8) is 0 Å². The molecular formula is C11H21ClN2O. The molecule has 1 aliphatic heterocycles. The van der Waals surface area contributed by atoms with Gasteiger partial charge in [-0.1, -0.05) is 18.2 Å². The number of ether oxygens (including phenoxy) is 1. The first-order valence-electron chi connectivity index (χ1n) is 5.42. The van der Waals surface area contributed by atoms with Crippen LogP contribution in [0.4, 0.5) is 0 Å². The molecule has 0 N–H and O–H groups in total. The summed E-state index contributed by atoms with van der Waals surface area (Å²) < 4.78 is 5.16. The molecule has 3 nitrogen and oxygen atoms in total. The van der Waals surface area contributed by atoms with Crippen molar-refractivity contribution in [1.82, 2.24) is 9.80 Å². The van der Waals surface area contributed by atoms with Crippen LogP contribution in [0.15, 0.2) is 11.6 Å². The third-order valence-electron chi connectivity index (χ3n) is 2.83. The summed E-state index contributed by atoms with van der Waals surface area (Å²) in [5.41, 5.74) is 0. The molecule has 1 heterocycles. The monoisotopic (exact) mass is 232 g/mol. The molecule has 0 saturated carbocycles. The van der Waals surface area contributed by atoms with Crippen LogP contribution in [-0.4, -0.2) is 62.3 Å². The van der Waals surface area contributed by atoms with E-state index in [1.807, 2.05) is 0 Å². The minimum absolute atomic E-state index is 0.511. The van der Waals surface area contributed by atoms with Gasteiger partial charge < -0.3 is 4.74 Å². The molecule has 0 aromatic heterocycles. The molecule has 1 unspecified atom stereocenters. The number of nitrogens with zero attached hydrogens (tertiary/aromatic N) is 2. The van der Waals surface area contributed by atoms with Crippen LogP contribution in [-0.2, 0) is 4.74 Å². The number of methoxy groups -OCH3 is 1. The van der Waals surface area contributed by atoms with Gasteiger partial charge in [-0.05, 0) is 6.92 Å². The molecule has 0 aliphatic carbocycles. The third-order valence-corrected chi connectivity index (χ3v) is 2.95. The van der Waals surface area contributed by atoms with Gasteiger partial charge in [0.2, 0.25) is 0 Å². The smallest absolute Gasteiger partial charge is 0.0615 e. The molecule has 1 aliphatic rings. The van der Waals surface area contributed by atoms with Crippen LogP contribution >= 0.6 is 11.6 Å². The summed E-state index contributed by atoms with van der Waals surface area (Å²) in [5, 5.41) is 0.730. The van der Waals surface area contributed by atoms with Gasteiger partial charge in [-0.25, -0.2) is 0 Å². The van der Waals surface area contributed by atoms with E-state index in [0.29, 0.717) is 6.04 Å². The van der Waals surface area contributed by atoms with Crippen molar-refractivity contribution < 1.29 is 4.74 Å². The van der Waals surface area contributed by atoms with E-state index in [1.165, 1.54) is 0 Å². The average Bonchev–Trinajstić information content (AvgIpc) is 2.18. The van der Waals surface area contributed by atoms with Crippen LogP contribution in [0.5, 0.6) is 0 Å². The normalized spacial score (nSPS) is 21.5. The van der Waals surface area contributed by atoms with Gasteiger partial charge >= 0.3 is 0 Å². The Bertz CT molecular complexity index is 203. The highest BCUT2D eigenvalue weighted by molar-refractivity contribution is 6.29. The van der Waals surface area contributed by atoms with Crippen molar-refractivity contribution >= 4 is 11.6 Å². The maximum Gasteiger partial charge on any atom is 0.0615 e. The van der Waals surface area contributed by atoms with Crippen molar-refractivity contribution in [1.29, 1.82) is 0 Å². The highest BCUT2D eigenvalue weighted by atomic mass is 35.5. The second-order valence-corrected chi connectivity index (χ2v) is 4.67. The van der Waals surface area contributed by atoms with Gasteiger partial charge in [0.05, 0.1) is 6.61 Å². The Balaban J connectivity index is 2.26. The van der Waals surface area contributed by atoms with Crippen LogP contribution in [0.2, 0.25) is 0 Å². The van der Waals surface area contributed by atoms with Crippen molar-refractivity contribution in [2.75, 3.05) is 46.4 Å². The van der Waals surface area contributed by atoms with Crippen LogP contribution in [0.25, 0.3) is 0 Å². The average molecular weight is 233 g/mol. The molecule has 15 heavy (non-hydrogen) atoms. The molecule has 88 valence electrons. The molecular weight excluding hydrogens is 212 g/mol. The zero-order valence-electron chi connectivity index (χ0n) is 9.71. The van der Waals surface area contributed by atoms with Gasteiger partial charge in [0.25, 0.3) is 0 Å².